The minimum Gasteiger partial charge on any atom is -0.491 e. The summed E-state index contributed by atoms with van der Waals surface area (Å²) in [4.78, 5) is 4.54. The van der Waals surface area contributed by atoms with E-state index in [0.717, 1.165) is 30.3 Å². The summed E-state index contributed by atoms with van der Waals surface area (Å²) in [5.41, 5.74) is 2.04. The Balaban J connectivity index is 2.60. The molecule has 0 aliphatic rings. The zero-order valence-corrected chi connectivity index (χ0v) is 12.8. The largest absolute Gasteiger partial charge is 0.491 e. The van der Waals surface area contributed by atoms with Gasteiger partial charge in [0.2, 0.25) is 0 Å². The number of rotatable bonds is 9. The Kier molecular flexibility index (Phi) is 7.49. The van der Waals surface area contributed by atoms with Gasteiger partial charge in [-0.2, -0.15) is 0 Å². The highest BCUT2D eigenvalue weighted by atomic mass is 16.5. The number of unbranched alkanes of at least 4 members (excludes halogenated alkanes) is 1. The molecule has 1 atom stereocenters. The predicted octanol–water partition coefficient (Wildman–Crippen LogP) is 3.70. The minimum absolute atomic E-state index is 0.656. The molecule has 0 amide bonds. The third kappa shape index (κ3) is 5.60. The van der Waals surface area contributed by atoms with Crippen molar-refractivity contribution in [1.82, 2.24) is 10.3 Å². The number of hydrogen-bond acceptors (Lipinski definition) is 3. The average Bonchev–Trinajstić information content (AvgIpc) is 2.41. The number of ether oxygens (including phenoxy) is 1. The number of aromatic nitrogens is 1. The molecule has 0 aliphatic heterocycles. The molecular weight excluding hydrogens is 236 g/mol. The highest BCUT2D eigenvalue weighted by molar-refractivity contribution is 5.29. The number of pyridine rings is 1. The Labute approximate surface area is 117 Å². The van der Waals surface area contributed by atoms with Gasteiger partial charge in [0.1, 0.15) is 5.75 Å². The molecule has 0 aromatic carbocycles. The van der Waals surface area contributed by atoms with Crippen LogP contribution >= 0.6 is 0 Å². The van der Waals surface area contributed by atoms with Gasteiger partial charge in [0.05, 0.1) is 12.3 Å². The number of aryl methyl sites for hydroxylation is 1. The van der Waals surface area contributed by atoms with Crippen LogP contribution < -0.4 is 10.1 Å². The van der Waals surface area contributed by atoms with E-state index in [1.54, 1.807) is 0 Å². The molecule has 0 fully saturated rings. The first kappa shape index (κ1) is 16.0. The lowest BCUT2D eigenvalue weighted by Crippen LogP contribution is -2.15. The molecule has 1 aromatic heterocycles. The minimum atomic E-state index is 0.656. The van der Waals surface area contributed by atoms with Crippen molar-refractivity contribution < 1.29 is 4.74 Å². The summed E-state index contributed by atoms with van der Waals surface area (Å²) in [5.74, 6) is 1.58. The van der Waals surface area contributed by atoms with Gasteiger partial charge in [-0.05, 0) is 38.4 Å². The first-order valence-electron chi connectivity index (χ1n) is 7.45. The lowest BCUT2D eigenvalue weighted by Gasteiger charge is -2.17. The van der Waals surface area contributed by atoms with Crippen LogP contribution in [0, 0.1) is 12.8 Å². The molecule has 0 saturated carbocycles. The first-order chi connectivity index (χ1) is 9.21. The van der Waals surface area contributed by atoms with Crippen LogP contribution in [-0.4, -0.2) is 18.6 Å². The Hall–Kier alpha value is -1.09. The van der Waals surface area contributed by atoms with Crippen LogP contribution in [0.3, 0.4) is 0 Å². The van der Waals surface area contributed by atoms with Gasteiger partial charge in [-0.1, -0.05) is 33.1 Å². The summed E-state index contributed by atoms with van der Waals surface area (Å²) in [5, 5.41) is 3.15. The molecule has 3 nitrogen and oxygen atoms in total. The normalized spacial score (nSPS) is 12.4. The van der Waals surface area contributed by atoms with Gasteiger partial charge in [-0.3, -0.25) is 4.98 Å². The molecule has 0 aliphatic carbocycles. The maximum Gasteiger partial charge on any atom is 0.142 e. The van der Waals surface area contributed by atoms with Crippen LogP contribution in [0.4, 0.5) is 0 Å². The summed E-state index contributed by atoms with van der Waals surface area (Å²) < 4.78 is 5.99. The van der Waals surface area contributed by atoms with E-state index in [1.807, 2.05) is 26.1 Å². The van der Waals surface area contributed by atoms with Crippen molar-refractivity contribution in [1.29, 1.82) is 0 Å². The van der Waals surface area contributed by atoms with E-state index >= 15 is 0 Å². The van der Waals surface area contributed by atoms with Gasteiger partial charge < -0.3 is 10.1 Å². The van der Waals surface area contributed by atoms with Crippen molar-refractivity contribution in [2.45, 2.75) is 53.0 Å². The molecule has 3 heteroatoms. The zero-order chi connectivity index (χ0) is 14.1. The Morgan fingerprint density at radius 3 is 2.74 bits per heavy atom. The van der Waals surface area contributed by atoms with E-state index in [1.165, 1.54) is 25.7 Å². The molecular formula is C16H28N2O. The molecule has 0 saturated heterocycles. The average molecular weight is 264 g/mol. The third-order valence-electron chi connectivity index (χ3n) is 3.43. The fourth-order valence-electron chi connectivity index (χ4n) is 2.13. The molecule has 1 heterocycles. The van der Waals surface area contributed by atoms with E-state index in [9.17, 15) is 0 Å². The van der Waals surface area contributed by atoms with Crippen LogP contribution in [0.25, 0.3) is 0 Å². The number of hydrogen-bond donors (Lipinski definition) is 1. The van der Waals surface area contributed by atoms with Gasteiger partial charge >= 0.3 is 0 Å². The first-order valence-corrected chi connectivity index (χ1v) is 7.45. The third-order valence-corrected chi connectivity index (χ3v) is 3.43. The second kappa shape index (κ2) is 8.92. The smallest absolute Gasteiger partial charge is 0.142 e. The molecule has 1 unspecified atom stereocenters. The predicted molar refractivity (Wildman–Crippen MR) is 80.5 cm³/mol. The molecule has 0 radical (unpaired) electrons. The summed E-state index contributed by atoms with van der Waals surface area (Å²) in [6.07, 6.45) is 4.99. The molecule has 0 spiro atoms. The lowest BCUT2D eigenvalue weighted by atomic mass is 10.0. The van der Waals surface area contributed by atoms with E-state index in [2.05, 4.69) is 24.1 Å². The van der Waals surface area contributed by atoms with Crippen LogP contribution in [-0.2, 0) is 6.54 Å². The fourth-order valence-corrected chi connectivity index (χ4v) is 2.13. The van der Waals surface area contributed by atoms with Gasteiger partial charge in [0.25, 0.3) is 0 Å². The molecule has 19 heavy (non-hydrogen) atoms. The molecule has 1 aromatic rings. The standard InChI is InChI=1S/C16H28N2O/c1-5-7-8-14(6-2)12-19-16-10-9-13(3)18-15(16)11-17-4/h9-10,14,17H,5-8,11-12H2,1-4H3. The van der Waals surface area contributed by atoms with Crippen molar-refractivity contribution in [2.75, 3.05) is 13.7 Å². The Morgan fingerprint density at radius 2 is 2.11 bits per heavy atom. The highest BCUT2D eigenvalue weighted by Gasteiger charge is 2.10. The summed E-state index contributed by atoms with van der Waals surface area (Å²) in [6, 6.07) is 4.06. The van der Waals surface area contributed by atoms with Crippen LogP contribution in [0.15, 0.2) is 12.1 Å². The van der Waals surface area contributed by atoms with E-state index < -0.39 is 0 Å². The SMILES string of the molecule is CCCCC(CC)COc1ccc(C)nc1CNC. The van der Waals surface area contributed by atoms with E-state index in [0.29, 0.717) is 5.92 Å². The quantitative estimate of drug-likeness (QED) is 0.738. The molecule has 0 bridgehead atoms. The maximum atomic E-state index is 5.99. The zero-order valence-electron chi connectivity index (χ0n) is 12.8. The molecule has 1 rings (SSSR count). The van der Waals surface area contributed by atoms with E-state index in [4.69, 9.17) is 4.74 Å². The van der Waals surface area contributed by atoms with Gasteiger partial charge in [0.15, 0.2) is 0 Å². The Bertz CT molecular complexity index is 366. The second-order valence-corrected chi connectivity index (χ2v) is 5.16. The molecule has 108 valence electrons. The van der Waals surface area contributed by atoms with Crippen molar-refractivity contribution >= 4 is 0 Å². The highest BCUT2D eigenvalue weighted by Crippen LogP contribution is 2.20. The topological polar surface area (TPSA) is 34.1 Å². The van der Waals surface area contributed by atoms with Crippen molar-refractivity contribution in [3.8, 4) is 5.75 Å². The van der Waals surface area contributed by atoms with Gasteiger partial charge in [-0.25, -0.2) is 0 Å². The van der Waals surface area contributed by atoms with Crippen molar-refractivity contribution in [2.24, 2.45) is 5.92 Å². The molecule has 1 N–H and O–H groups in total. The second-order valence-electron chi connectivity index (χ2n) is 5.16. The summed E-state index contributed by atoms with van der Waals surface area (Å²) >= 11 is 0. The number of nitrogens with one attached hydrogen (secondary N) is 1. The fraction of sp³-hybridized carbons (Fsp3) is 0.688. The van der Waals surface area contributed by atoms with E-state index in [-0.39, 0.29) is 0 Å². The van der Waals surface area contributed by atoms with Crippen LogP contribution in [0.1, 0.15) is 50.9 Å². The Morgan fingerprint density at radius 1 is 1.32 bits per heavy atom. The van der Waals surface area contributed by atoms with Gasteiger partial charge in [0, 0.05) is 12.2 Å². The van der Waals surface area contributed by atoms with Crippen LogP contribution in [0.2, 0.25) is 0 Å². The van der Waals surface area contributed by atoms with Gasteiger partial charge in [-0.15, -0.1) is 0 Å². The van der Waals surface area contributed by atoms with Crippen molar-refractivity contribution in [3.05, 3.63) is 23.5 Å². The lowest BCUT2D eigenvalue weighted by molar-refractivity contribution is 0.230. The van der Waals surface area contributed by atoms with Crippen molar-refractivity contribution in [3.63, 3.8) is 0 Å². The summed E-state index contributed by atoms with van der Waals surface area (Å²) in [6.45, 7) is 8.05. The number of nitrogens with zero attached hydrogens (tertiary/aromatic N) is 1. The monoisotopic (exact) mass is 264 g/mol. The maximum absolute atomic E-state index is 5.99. The van der Waals surface area contributed by atoms with Crippen LogP contribution in [0.5, 0.6) is 5.75 Å². The summed E-state index contributed by atoms with van der Waals surface area (Å²) in [7, 11) is 1.93.